The highest BCUT2D eigenvalue weighted by molar-refractivity contribution is 6.31. The van der Waals surface area contributed by atoms with E-state index < -0.39 is 0 Å². The van der Waals surface area contributed by atoms with Crippen LogP contribution in [0.5, 0.6) is 0 Å². The fourth-order valence-corrected chi connectivity index (χ4v) is 4.09. The average Bonchev–Trinajstić information content (AvgIpc) is 2.93. The molecule has 4 rings (SSSR count). The first-order valence-electron chi connectivity index (χ1n) is 8.96. The van der Waals surface area contributed by atoms with Gasteiger partial charge < -0.3 is 9.47 Å². The third-order valence-electron chi connectivity index (χ3n) is 5.30. The molecular weight excluding hydrogens is 347 g/mol. The van der Waals surface area contributed by atoms with Crippen LogP contribution >= 0.6 is 11.6 Å². The van der Waals surface area contributed by atoms with E-state index >= 15 is 0 Å². The van der Waals surface area contributed by atoms with Gasteiger partial charge in [0.2, 0.25) is 0 Å². The van der Waals surface area contributed by atoms with Gasteiger partial charge in [-0.1, -0.05) is 29.8 Å². The highest BCUT2D eigenvalue weighted by Crippen LogP contribution is 2.34. The summed E-state index contributed by atoms with van der Waals surface area (Å²) in [5.41, 5.74) is 6.24. The molecule has 0 saturated carbocycles. The van der Waals surface area contributed by atoms with Crippen molar-refractivity contribution in [2.24, 2.45) is 0 Å². The highest BCUT2D eigenvalue weighted by Gasteiger charge is 2.23. The minimum atomic E-state index is -0.203. The molecule has 2 heterocycles. The summed E-state index contributed by atoms with van der Waals surface area (Å²) >= 11 is 6.28. The number of nitrogens with zero attached hydrogens (tertiary/aromatic N) is 2. The van der Waals surface area contributed by atoms with Crippen molar-refractivity contribution in [2.45, 2.75) is 26.4 Å². The first kappa shape index (κ1) is 17.3. The molecule has 0 aliphatic carbocycles. The fraction of sp³-hybridized carbons (Fsp3) is 0.273. The Balaban J connectivity index is 1.82. The van der Waals surface area contributed by atoms with Crippen LogP contribution in [0, 0.1) is 5.82 Å². The Labute approximate surface area is 158 Å². The van der Waals surface area contributed by atoms with E-state index in [-0.39, 0.29) is 5.82 Å². The molecule has 2 aromatic carbocycles. The van der Waals surface area contributed by atoms with E-state index in [9.17, 15) is 4.39 Å². The van der Waals surface area contributed by atoms with Crippen molar-refractivity contribution in [3.63, 3.8) is 0 Å². The van der Waals surface area contributed by atoms with Crippen LogP contribution in [0.3, 0.4) is 0 Å². The molecule has 0 bridgehead atoms. The van der Waals surface area contributed by atoms with Gasteiger partial charge in [0.05, 0.1) is 0 Å². The largest absolute Gasteiger partial charge is 0.340 e. The van der Waals surface area contributed by atoms with Crippen LogP contribution < -0.4 is 0 Å². The molecule has 3 aromatic rings. The third-order valence-corrected chi connectivity index (χ3v) is 5.53. The van der Waals surface area contributed by atoms with E-state index in [0.717, 1.165) is 36.6 Å². The van der Waals surface area contributed by atoms with E-state index in [1.165, 1.54) is 39.9 Å². The second-order valence-corrected chi connectivity index (χ2v) is 7.42. The molecule has 0 unspecified atom stereocenters. The van der Waals surface area contributed by atoms with Crippen molar-refractivity contribution in [1.29, 1.82) is 0 Å². The van der Waals surface area contributed by atoms with Gasteiger partial charge in [0.15, 0.2) is 0 Å². The van der Waals surface area contributed by atoms with Crippen LogP contribution in [0.1, 0.15) is 23.7 Å². The van der Waals surface area contributed by atoms with Gasteiger partial charge in [-0.2, -0.15) is 0 Å². The van der Waals surface area contributed by atoms with Crippen molar-refractivity contribution < 1.29 is 4.39 Å². The van der Waals surface area contributed by atoms with E-state index in [2.05, 4.69) is 34.7 Å². The second-order valence-electron chi connectivity index (χ2n) is 6.98. The summed E-state index contributed by atoms with van der Waals surface area (Å²) in [7, 11) is 2.16. The average molecular weight is 369 g/mol. The number of allylic oxidation sites excluding steroid dienone is 2. The summed E-state index contributed by atoms with van der Waals surface area (Å²) in [5, 5.41) is 2.02. The molecule has 0 amide bonds. The summed E-state index contributed by atoms with van der Waals surface area (Å²) in [4.78, 5) is 2.35. The monoisotopic (exact) mass is 368 g/mol. The molecule has 26 heavy (non-hydrogen) atoms. The Morgan fingerprint density at radius 1 is 1.19 bits per heavy atom. The Kier molecular flexibility index (Phi) is 4.60. The van der Waals surface area contributed by atoms with Gasteiger partial charge in [-0.05, 0) is 61.0 Å². The molecule has 2 nitrogen and oxygen atoms in total. The van der Waals surface area contributed by atoms with Gasteiger partial charge in [0, 0.05) is 47.7 Å². The zero-order valence-corrected chi connectivity index (χ0v) is 15.9. The van der Waals surface area contributed by atoms with E-state index in [0.29, 0.717) is 0 Å². The fourth-order valence-electron chi connectivity index (χ4n) is 3.92. The Bertz CT molecular complexity index is 986. The summed E-state index contributed by atoms with van der Waals surface area (Å²) in [6.07, 6.45) is 3.15. The molecule has 0 radical (unpaired) electrons. The van der Waals surface area contributed by atoms with Gasteiger partial charge in [-0.15, -0.1) is 0 Å². The molecule has 0 fully saturated rings. The molecule has 1 aromatic heterocycles. The molecule has 0 N–H and O–H groups in total. The van der Waals surface area contributed by atoms with Gasteiger partial charge in [0.25, 0.3) is 0 Å². The number of rotatable bonds is 3. The van der Waals surface area contributed by atoms with Crippen molar-refractivity contribution in [3.8, 4) is 0 Å². The van der Waals surface area contributed by atoms with Crippen LogP contribution in [0.15, 0.2) is 48.5 Å². The van der Waals surface area contributed by atoms with E-state index in [4.69, 9.17) is 11.6 Å². The van der Waals surface area contributed by atoms with Crippen LogP contribution in [0.25, 0.3) is 16.5 Å². The van der Waals surface area contributed by atoms with E-state index in [1.807, 2.05) is 25.1 Å². The number of fused-ring (bicyclic) bond motifs is 3. The lowest BCUT2D eigenvalue weighted by atomic mass is 10.0. The highest BCUT2D eigenvalue weighted by atomic mass is 35.5. The van der Waals surface area contributed by atoms with Crippen LogP contribution in [-0.4, -0.2) is 23.1 Å². The first-order valence-corrected chi connectivity index (χ1v) is 9.34. The topological polar surface area (TPSA) is 8.17 Å². The first-order chi connectivity index (χ1) is 12.6. The molecule has 0 saturated heterocycles. The Morgan fingerprint density at radius 3 is 2.69 bits per heavy atom. The maximum absolute atomic E-state index is 13.3. The van der Waals surface area contributed by atoms with Crippen molar-refractivity contribution >= 4 is 28.1 Å². The van der Waals surface area contributed by atoms with Crippen molar-refractivity contribution in [3.05, 3.63) is 76.2 Å². The van der Waals surface area contributed by atoms with Gasteiger partial charge in [0.1, 0.15) is 5.82 Å². The molecular formula is C22H22ClFN2. The number of hydrogen-bond donors (Lipinski definition) is 0. The Hall–Kier alpha value is -2.10. The molecule has 4 heteroatoms. The number of likely N-dealkylation sites (N-methyl/N-ethyl adjacent to an activating group) is 1. The van der Waals surface area contributed by atoms with Crippen LogP contribution in [0.4, 0.5) is 4.39 Å². The third kappa shape index (κ3) is 3.06. The zero-order chi connectivity index (χ0) is 18.3. The quantitative estimate of drug-likeness (QED) is 0.590. The Morgan fingerprint density at radius 2 is 1.96 bits per heavy atom. The van der Waals surface area contributed by atoms with E-state index in [1.54, 1.807) is 0 Å². The number of benzene rings is 2. The minimum absolute atomic E-state index is 0.203. The molecule has 1 aliphatic rings. The smallest absolute Gasteiger partial charge is 0.123 e. The molecule has 1 aliphatic heterocycles. The van der Waals surface area contributed by atoms with Crippen molar-refractivity contribution in [2.75, 3.05) is 13.6 Å². The lowest BCUT2D eigenvalue weighted by Gasteiger charge is -2.24. The standard InChI is InChI=1S/C22H22ClFN2/c1-3-15(16-4-7-18(24)8-5-16)13-26-21-9-6-17(23)12-19(21)20-14-25(2)11-10-22(20)26/h3-9,12H,10-11,13-14H2,1-2H3/b15-3-. The van der Waals surface area contributed by atoms with Crippen molar-refractivity contribution in [1.82, 2.24) is 9.47 Å². The summed E-state index contributed by atoms with van der Waals surface area (Å²) in [6, 6.07) is 12.9. The molecule has 0 spiro atoms. The maximum Gasteiger partial charge on any atom is 0.123 e. The van der Waals surface area contributed by atoms with Gasteiger partial charge >= 0.3 is 0 Å². The maximum atomic E-state index is 13.3. The number of hydrogen-bond acceptors (Lipinski definition) is 1. The normalized spacial score (nSPS) is 15.5. The summed E-state index contributed by atoms with van der Waals surface area (Å²) < 4.78 is 15.7. The summed E-state index contributed by atoms with van der Waals surface area (Å²) in [5.74, 6) is -0.203. The minimum Gasteiger partial charge on any atom is -0.340 e. The lowest BCUT2D eigenvalue weighted by Crippen LogP contribution is -2.27. The number of aromatic nitrogens is 1. The zero-order valence-electron chi connectivity index (χ0n) is 15.1. The SMILES string of the molecule is C/C=C(/Cn1c2c(c3cc(Cl)ccc31)CN(C)CC2)c1ccc(F)cc1. The van der Waals surface area contributed by atoms with Gasteiger partial charge in [-0.3, -0.25) is 0 Å². The van der Waals surface area contributed by atoms with Gasteiger partial charge in [-0.25, -0.2) is 4.39 Å². The van der Waals surface area contributed by atoms with Crippen LogP contribution in [-0.2, 0) is 19.5 Å². The number of halogens is 2. The molecule has 0 atom stereocenters. The lowest BCUT2D eigenvalue weighted by molar-refractivity contribution is 0.310. The second kappa shape index (κ2) is 6.90. The van der Waals surface area contributed by atoms with Crippen LogP contribution in [0.2, 0.25) is 5.02 Å². The predicted octanol–water partition coefficient (Wildman–Crippen LogP) is 5.53. The molecule has 134 valence electrons. The predicted molar refractivity (Wildman–Crippen MR) is 107 cm³/mol. The summed E-state index contributed by atoms with van der Waals surface area (Å²) in [6.45, 7) is 4.82.